The van der Waals surface area contributed by atoms with Crippen molar-refractivity contribution in [1.29, 1.82) is 0 Å². The van der Waals surface area contributed by atoms with Gasteiger partial charge in [-0.05, 0) is 84.9 Å². The van der Waals surface area contributed by atoms with E-state index in [-0.39, 0.29) is 0 Å². The van der Waals surface area contributed by atoms with Crippen LogP contribution in [-0.4, -0.2) is 0 Å². The second-order valence-corrected chi connectivity index (χ2v) is 17.0. The van der Waals surface area contributed by atoms with Crippen LogP contribution in [0.25, 0.3) is 66.5 Å². The summed E-state index contributed by atoms with van der Waals surface area (Å²) in [5.41, 5.74) is 8.89. The molecule has 6 nitrogen and oxygen atoms in total. The zero-order chi connectivity index (χ0) is 41.7. The Morgan fingerprint density at radius 3 is 1.02 bits per heavy atom. The van der Waals surface area contributed by atoms with Crippen LogP contribution in [0.5, 0.6) is 23.0 Å². The van der Waals surface area contributed by atoms with Gasteiger partial charge in [0.15, 0.2) is 0 Å². The summed E-state index contributed by atoms with van der Waals surface area (Å²) >= 11 is 0. The summed E-state index contributed by atoms with van der Waals surface area (Å²) < 4.78 is 41.6. The summed E-state index contributed by atoms with van der Waals surface area (Å²) in [6.07, 6.45) is 0. The van der Waals surface area contributed by atoms with Gasteiger partial charge in [-0.25, -0.2) is 0 Å². The highest BCUT2D eigenvalue weighted by atomic mass is 16.5. The van der Waals surface area contributed by atoms with Gasteiger partial charge in [-0.2, -0.15) is 0 Å². The van der Waals surface area contributed by atoms with Crippen molar-refractivity contribution in [3.63, 3.8) is 0 Å². The van der Waals surface area contributed by atoms with Crippen LogP contribution in [0.2, 0.25) is 0 Å². The monoisotopic (exact) mass is 824 g/mol. The quantitative estimate of drug-likeness (QED) is 0.173. The third-order valence-corrected chi connectivity index (χ3v) is 13.9. The van der Waals surface area contributed by atoms with Crippen molar-refractivity contribution in [2.75, 3.05) is 0 Å². The van der Waals surface area contributed by atoms with Crippen molar-refractivity contribution in [3.05, 3.63) is 239 Å². The van der Waals surface area contributed by atoms with Crippen LogP contribution < -0.4 is 9.47 Å². The van der Waals surface area contributed by atoms with E-state index in [4.69, 9.17) is 27.1 Å². The van der Waals surface area contributed by atoms with E-state index in [0.717, 1.165) is 134 Å². The Morgan fingerprint density at radius 2 is 0.609 bits per heavy atom. The van der Waals surface area contributed by atoms with Crippen LogP contribution >= 0.6 is 0 Å². The molecular formula is C58H32O6. The Labute approximate surface area is 365 Å². The van der Waals surface area contributed by atoms with E-state index in [9.17, 15) is 0 Å². The molecule has 300 valence electrons. The van der Waals surface area contributed by atoms with Crippen molar-refractivity contribution in [2.45, 2.75) is 10.8 Å². The van der Waals surface area contributed by atoms with Crippen molar-refractivity contribution in [2.24, 2.45) is 0 Å². The fourth-order valence-electron chi connectivity index (χ4n) is 11.2. The average Bonchev–Trinajstić information content (AvgIpc) is 4.16. The molecule has 0 bridgehead atoms. The number of benzene rings is 8. The fourth-order valence-corrected chi connectivity index (χ4v) is 11.2. The van der Waals surface area contributed by atoms with Crippen LogP contribution in [0.1, 0.15) is 44.9 Å². The summed E-state index contributed by atoms with van der Waals surface area (Å²) in [5.74, 6) is 6.01. The minimum atomic E-state index is -1.03. The van der Waals surface area contributed by atoms with Gasteiger partial charge in [0.05, 0.1) is 0 Å². The maximum atomic E-state index is 7.68. The molecule has 0 N–H and O–H groups in total. The molecule has 2 aliphatic heterocycles. The van der Waals surface area contributed by atoms with E-state index in [2.05, 4.69) is 121 Å². The Hall–Kier alpha value is -8.48. The van der Waals surface area contributed by atoms with E-state index in [1.165, 1.54) is 0 Å². The Kier molecular flexibility index (Phi) is 6.47. The number of ether oxygens (including phenoxy) is 2. The molecule has 1 aliphatic carbocycles. The van der Waals surface area contributed by atoms with Crippen LogP contribution in [-0.2, 0) is 10.8 Å². The predicted molar refractivity (Wildman–Crippen MR) is 247 cm³/mol. The van der Waals surface area contributed by atoms with Gasteiger partial charge in [0.25, 0.3) is 0 Å². The Morgan fingerprint density at radius 1 is 0.266 bits per heavy atom. The molecule has 2 spiro atoms. The van der Waals surface area contributed by atoms with Crippen molar-refractivity contribution in [1.82, 2.24) is 0 Å². The van der Waals surface area contributed by atoms with Crippen LogP contribution in [0.15, 0.2) is 212 Å². The molecule has 3 aliphatic rings. The lowest BCUT2D eigenvalue weighted by Crippen LogP contribution is -2.46. The minimum absolute atomic E-state index is 0.724. The molecule has 0 saturated heterocycles. The largest absolute Gasteiger partial charge is 0.459 e. The van der Waals surface area contributed by atoms with Gasteiger partial charge in [-0.3, -0.25) is 0 Å². The number of furan rings is 4. The number of hydrogen-bond donors (Lipinski definition) is 0. The average molecular weight is 825 g/mol. The topological polar surface area (TPSA) is 71.0 Å². The van der Waals surface area contributed by atoms with Gasteiger partial charge >= 0.3 is 0 Å². The molecular weight excluding hydrogens is 793 g/mol. The molecule has 6 heterocycles. The second-order valence-electron chi connectivity index (χ2n) is 17.0. The second kappa shape index (κ2) is 12.1. The number of rotatable bonds is 2. The highest BCUT2D eigenvalue weighted by Gasteiger charge is 2.63. The molecule has 0 amide bonds. The van der Waals surface area contributed by atoms with Gasteiger partial charge < -0.3 is 27.1 Å². The molecule has 0 unspecified atom stereocenters. The predicted octanol–water partition coefficient (Wildman–Crippen LogP) is 15.3. The standard InChI is InChI=1S/C58H32O6/c1-7-19-45-35(13-1)37-29-33(25-27-47(37)59-45)53-31-43-55(63-53)58(41-17-5-11-23-51(41)62-52-24-12-6-18-42(52)58)44-32-54(34-26-28-48-38(30-34)36-14-2-8-20-46(36)60-48)64-56(44)57(43)39-15-3-9-21-49(39)61-50-22-10-4-16-40(50)57/h1-32H. The van der Waals surface area contributed by atoms with Gasteiger partial charge in [0, 0.05) is 66.1 Å². The third-order valence-electron chi connectivity index (χ3n) is 13.9. The number of hydrogen-bond acceptors (Lipinski definition) is 6. The van der Waals surface area contributed by atoms with Crippen molar-refractivity contribution < 1.29 is 27.1 Å². The molecule has 15 rings (SSSR count). The first-order chi connectivity index (χ1) is 31.7. The van der Waals surface area contributed by atoms with Crippen molar-refractivity contribution >= 4 is 43.9 Å². The van der Waals surface area contributed by atoms with Gasteiger partial charge in [0.2, 0.25) is 0 Å². The maximum Gasteiger partial charge on any atom is 0.135 e. The molecule has 4 aromatic heterocycles. The number of para-hydroxylation sites is 6. The summed E-state index contributed by atoms with van der Waals surface area (Å²) in [4.78, 5) is 0. The molecule has 8 aromatic carbocycles. The molecule has 0 atom stereocenters. The summed E-state index contributed by atoms with van der Waals surface area (Å²) in [7, 11) is 0. The molecule has 12 aromatic rings. The lowest BCUT2D eigenvalue weighted by Gasteiger charge is -2.48. The van der Waals surface area contributed by atoms with Gasteiger partial charge in [-0.1, -0.05) is 109 Å². The highest BCUT2D eigenvalue weighted by molar-refractivity contribution is 6.07. The van der Waals surface area contributed by atoms with Crippen LogP contribution in [0.4, 0.5) is 0 Å². The normalized spacial score (nSPS) is 14.8. The molecule has 0 fully saturated rings. The van der Waals surface area contributed by atoms with E-state index >= 15 is 0 Å². The minimum Gasteiger partial charge on any atom is -0.459 e. The third kappa shape index (κ3) is 4.20. The first kappa shape index (κ1) is 34.1. The van der Waals surface area contributed by atoms with E-state index in [1.54, 1.807) is 0 Å². The highest BCUT2D eigenvalue weighted by Crippen LogP contribution is 2.68. The smallest absolute Gasteiger partial charge is 0.135 e. The van der Waals surface area contributed by atoms with Crippen molar-refractivity contribution in [3.8, 4) is 45.6 Å². The first-order valence-corrected chi connectivity index (χ1v) is 21.5. The Balaban J connectivity index is 1.11. The van der Waals surface area contributed by atoms with Crippen LogP contribution in [0, 0.1) is 0 Å². The fraction of sp³-hybridized carbons (Fsp3) is 0.0345. The lowest BCUT2D eigenvalue weighted by atomic mass is 9.53. The summed E-state index contributed by atoms with van der Waals surface area (Å²) in [5, 5.41) is 4.15. The lowest BCUT2D eigenvalue weighted by molar-refractivity contribution is 0.353. The maximum absolute atomic E-state index is 7.68. The summed E-state index contributed by atoms with van der Waals surface area (Å²) in [6, 6.07) is 66.8. The van der Waals surface area contributed by atoms with E-state index in [0.29, 0.717) is 0 Å². The zero-order valence-electron chi connectivity index (χ0n) is 33.9. The van der Waals surface area contributed by atoms with E-state index < -0.39 is 10.8 Å². The van der Waals surface area contributed by atoms with Crippen LogP contribution in [0.3, 0.4) is 0 Å². The molecule has 6 heteroatoms. The number of fused-ring (bicyclic) bond motifs is 20. The summed E-state index contributed by atoms with van der Waals surface area (Å²) in [6.45, 7) is 0. The molecule has 0 saturated carbocycles. The van der Waals surface area contributed by atoms with Gasteiger partial charge in [0.1, 0.15) is 79.2 Å². The van der Waals surface area contributed by atoms with Gasteiger partial charge in [-0.15, -0.1) is 0 Å². The molecule has 0 radical (unpaired) electrons. The first-order valence-electron chi connectivity index (χ1n) is 21.5. The van der Waals surface area contributed by atoms with E-state index in [1.807, 2.05) is 72.8 Å². The SMILES string of the molecule is c1ccc2c(c1)Oc1ccccc1C21c2cc(-c3ccc4oc5ccccc5c4c3)oc2C2(c3ccccc3Oc3ccccc32)c2cc(-c3ccc4oc5ccccc5c4c3)oc21. The Bertz CT molecular complexity index is 3550. The molecule has 64 heavy (non-hydrogen) atoms. The zero-order valence-corrected chi connectivity index (χ0v) is 33.9.